The Labute approximate surface area is 126 Å². The van der Waals surface area contributed by atoms with E-state index in [1.807, 2.05) is 6.20 Å². The van der Waals surface area contributed by atoms with Crippen LogP contribution in [0.3, 0.4) is 0 Å². The molecule has 3 aliphatic rings. The highest BCUT2D eigenvalue weighted by molar-refractivity contribution is 5.39. The van der Waals surface area contributed by atoms with Crippen molar-refractivity contribution in [2.75, 3.05) is 44.3 Å². The molecule has 1 aromatic rings. The molecule has 0 N–H and O–H groups in total. The van der Waals surface area contributed by atoms with Gasteiger partial charge in [-0.2, -0.15) is 0 Å². The lowest BCUT2D eigenvalue weighted by Gasteiger charge is -2.41. The zero-order valence-corrected chi connectivity index (χ0v) is 12.6. The van der Waals surface area contributed by atoms with E-state index >= 15 is 0 Å². The molecule has 3 fully saturated rings. The van der Waals surface area contributed by atoms with Crippen LogP contribution in [0.1, 0.15) is 37.4 Å². The first kappa shape index (κ1) is 13.5. The van der Waals surface area contributed by atoms with Gasteiger partial charge in [0.1, 0.15) is 11.6 Å². The van der Waals surface area contributed by atoms with Gasteiger partial charge in [-0.3, -0.25) is 4.90 Å². The average molecular weight is 288 g/mol. The largest absolute Gasteiger partial charge is 0.379 e. The van der Waals surface area contributed by atoms with Crippen molar-refractivity contribution >= 4 is 5.82 Å². The molecule has 0 spiro atoms. The summed E-state index contributed by atoms with van der Waals surface area (Å²) in [5.41, 5.74) is 0. The molecule has 5 nitrogen and oxygen atoms in total. The summed E-state index contributed by atoms with van der Waals surface area (Å²) in [5.74, 6) is 2.82. The lowest BCUT2D eigenvalue weighted by atomic mass is 10.0. The van der Waals surface area contributed by atoms with Crippen molar-refractivity contribution in [2.24, 2.45) is 0 Å². The molecule has 0 amide bonds. The first-order valence-electron chi connectivity index (χ1n) is 8.30. The third-order valence-corrected chi connectivity index (χ3v) is 4.88. The minimum Gasteiger partial charge on any atom is -0.379 e. The van der Waals surface area contributed by atoms with Gasteiger partial charge in [0, 0.05) is 44.3 Å². The second-order valence-electron chi connectivity index (χ2n) is 6.44. The summed E-state index contributed by atoms with van der Waals surface area (Å²) in [5, 5.41) is 0. The maximum atomic E-state index is 5.48. The predicted octanol–water partition coefficient (Wildman–Crippen LogP) is 1.66. The summed E-state index contributed by atoms with van der Waals surface area (Å²) in [4.78, 5) is 14.3. The Morgan fingerprint density at radius 1 is 1.10 bits per heavy atom. The fraction of sp³-hybridized carbons (Fsp3) is 0.750. The van der Waals surface area contributed by atoms with Crippen LogP contribution < -0.4 is 4.90 Å². The highest BCUT2D eigenvalue weighted by Crippen LogP contribution is 2.38. The van der Waals surface area contributed by atoms with Gasteiger partial charge in [0.2, 0.25) is 0 Å². The summed E-state index contributed by atoms with van der Waals surface area (Å²) in [7, 11) is 0. The van der Waals surface area contributed by atoms with E-state index < -0.39 is 0 Å². The van der Waals surface area contributed by atoms with Gasteiger partial charge in [0.05, 0.1) is 13.2 Å². The molecule has 1 saturated carbocycles. The van der Waals surface area contributed by atoms with Crippen molar-refractivity contribution in [3.05, 3.63) is 18.1 Å². The van der Waals surface area contributed by atoms with Gasteiger partial charge in [0.25, 0.3) is 0 Å². The number of hydrogen-bond acceptors (Lipinski definition) is 5. The molecule has 1 unspecified atom stereocenters. The zero-order chi connectivity index (χ0) is 14.1. The molecule has 0 bridgehead atoms. The molecule has 0 aromatic carbocycles. The molecule has 2 aliphatic heterocycles. The smallest absolute Gasteiger partial charge is 0.133 e. The van der Waals surface area contributed by atoms with Crippen molar-refractivity contribution in [3.8, 4) is 0 Å². The predicted molar refractivity (Wildman–Crippen MR) is 81.6 cm³/mol. The summed E-state index contributed by atoms with van der Waals surface area (Å²) in [6, 6.07) is 2.73. The number of rotatable bonds is 3. The Morgan fingerprint density at radius 2 is 1.95 bits per heavy atom. The van der Waals surface area contributed by atoms with Crippen molar-refractivity contribution in [1.29, 1.82) is 0 Å². The van der Waals surface area contributed by atoms with E-state index in [2.05, 4.69) is 20.9 Å². The van der Waals surface area contributed by atoms with Gasteiger partial charge in [-0.1, -0.05) is 0 Å². The minimum atomic E-state index is 0.629. The highest BCUT2D eigenvalue weighted by atomic mass is 16.5. The first-order chi connectivity index (χ1) is 10.4. The molecule has 2 saturated heterocycles. The lowest BCUT2D eigenvalue weighted by molar-refractivity contribution is 0.0137. The third-order valence-electron chi connectivity index (χ3n) is 4.88. The number of anilines is 1. The van der Waals surface area contributed by atoms with Crippen molar-refractivity contribution in [2.45, 2.75) is 37.6 Å². The van der Waals surface area contributed by atoms with Gasteiger partial charge >= 0.3 is 0 Å². The van der Waals surface area contributed by atoms with Gasteiger partial charge in [0.15, 0.2) is 0 Å². The average Bonchev–Trinajstić information content (AvgIpc) is 3.41. The van der Waals surface area contributed by atoms with Gasteiger partial charge in [-0.15, -0.1) is 0 Å². The van der Waals surface area contributed by atoms with E-state index in [1.54, 1.807) is 0 Å². The zero-order valence-electron chi connectivity index (χ0n) is 12.6. The van der Waals surface area contributed by atoms with Crippen LogP contribution in [-0.4, -0.2) is 60.3 Å². The molecule has 3 heterocycles. The maximum absolute atomic E-state index is 5.48. The number of piperidine rings is 1. The molecule has 4 rings (SSSR count). The van der Waals surface area contributed by atoms with Crippen LogP contribution >= 0.6 is 0 Å². The summed E-state index contributed by atoms with van der Waals surface area (Å²) < 4.78 is 5.48. The number of nitrogens with zero attached hydrogens (tertiary/aromatic N) is 4. The Balaban J connectivity index is 1.45. The second-order valence-corrected chi connectivity index (χ2v) is 6.44. The molecule has 1 aromatic heterocycles. The molecule has 114 valence electrons. The highest BCUT2D eigenvalue weighted by Gasteiger charge is 2.29. The summed E-state index contributed by atoms with van der Waals surface area (Å²) in [6.07, 6.45) is 7.02. The fourth-order valence-corrected chi connectivity index (χ4v) is 3.48. The Kier molecular flexibility index (Phi) is 3.78. The number of morpholine rings is 1. The topological polar surface area (TPSA) is 41.5 Å². The number of hydrogen-bond donors (Lipinski definition) is 0. The standard InChI is InChI=1S/C16H24N4O/c1-2-14(19-8-10-21-11-9-19)12-20(7-1)15-5-6-17-16(18-15)13-3-4-13/h5-6,13-14H,1-4,7-12H2. The van der Waals surface area contributed by atoms with E-state index in [9.17, 15) is 0 Å². The van der Waals surface area contributed by atoms with E-state index in [0.29, 0.717) is 12.0 Å². The van der Waals surface area contributed by atoms with Crippen LogP contribution in [0.4, 0.5) is 5.82 Å². The van der Waals surface area contributed by atoms with Crippen LogP contribution in [0.2, 0.25) is 0 Å². The van der Waals surface area contributed by atoms with E-state index in [1.165, 1.54) is 25.7 Å². The second kappa shape index (κ2) is 5.89. The third kappa shape index (κ3) is 3.04. The molecule has 5 heteroatoms. The monoisotopic (exact) mass is 288 g/mol. The van der Waals surface area contributed by atoms with Gasteiger partial charge in [-0.25, -0.2) is 9.97 Å². The van der Waals surface area contributed by atoms with Crippen LogP contribution in [0.5, 0.6) is 0 Å². The molecule has 0 radical (unpaired) electrons. The Hall–Kier alpha value is -1.20. The lowest BCUT2D eigenvalue weighted by Crippen LogP contribution is -2.51. The van der Waals surface area contributed by atoms with E-state index in [4.69, 9.17) is 9.72 Å². The van der Waals surface area contributed by atoms with Crippen LogP contribution in [0.25, 0.3) is 0 Å². The Bertz CT molecular complexity index is 485. The minimum absolute atomic E-state index is 0.629. The molecular weight excluding hydrogens is 264 g/mol. The van der Waals surface area contributed by atoms with Gasteiger partial charge in [-0.05, 0) is 31.7 Å². The van der Waals surface area contributed by atoms with Crippen LogP contribution in [0.15, 0.2) is 12.3 Å². The molecular formula is C16H24N4O. The van der Waals surface area contributed by atoms with Crippen molar-refractivity contribution in [1.82, 2.24) is 14.9 Å². The SMILES string of the molecule is c1cc(N2CCCC(N3CCOCC3)C2)nc(C2CC2)n1. The first-order valence-corrected chi connectivity index (χ1v) is 8.30. The quantitative estimate of drug-likeness (QED) is 0.846. The normalized spacial score (nSPS) is 27.8. The fourth-order valence-electron chi connectivity index (χ4n) is 3.48. The molecule has 1 aliphatic carbocycles. The number of aromatic nitrogens is 2. The number of ether oxygens (including phenoxy) is 1. The van der Waals surface area contributed by atoms with Gasteiger partial charge < -0.3 is 9.64 Å². The van der Waals surface area contributed by atoms with Crippen LogP contribution in [-0.2, 0) is 4.74 Å². The van der Waals surface area contributed by atoms with E-state index in [-0.39, 0.29) is 0 Å². The maximum Gasteiger partial charge on any atom is 0.133 e. The van der Waals surface area contributed by atoms with Crippen molar-refractivity contribution in [3.63, 3.8) is 0 Å². The van der Waals surface area contributed by atoms with Crippen LogP contribution in [0, 0.1) is 0 Å². The summed E-state index contributed by atoms with van der Waals surface area (Å²) in [6.45, 7) is 6.15. The Morgan fingerprint density at radius 3 is 2.76 bits per heavy atom. The molecule has 1 atom stereocenters. The summed E-state index contributed by atoms with van der Waals surface area (Å²) >= 11 is 0. The van der Waals surface area contributed by atoms with Crippen molar-refractivity contribution < 1.29 is 4.74 Å². The van der Waals surface area contributed by atoms with E-state index in [0.717, 1.165) is 51.0 Å². The molecule has 21 heavy (non-hydrogen) atoms.